The maximum Gasteiger partial charge on any atom is 0.0636 e. The van der Waals surface area contributed by atoms with Crippen molar-refractivity contribution in [3.05, 3.63) is 0 Å². The van der Waals surface area contributed by atoms with Crippen LogP contribution in [0.4, 0.5) is 0 Å². The van der Waals surface area contributed by atoms with Gasteiger partial charge in [0.1, 0.15) is 0 Å². The van der Waals surface area contributed by atoms with Crippen LogP contribution in [0, 0.1) is 5.92 Å². The molecular formula is C12H25NO. The Bertz CT molecular complexity index is 139. The molecule has 0 heterocycles. The molecule has 2 N–H and O–H groups in total. The number of aliphatic hydroxyl groups excluding tert-OH is 1. The van der Waals surface area contributed by atoms with Gasteiger partial charge in [-0.25, -0.2) is 0 Å². The molecule has 0 spiro atoms. The van der Waals surface area contributed by atoms with Crippen molar-refractivity contribution >= 4 is 0 Å². The van der Waals surface area contributed by atoms with E-state index in [4.69, 9.17) is 0 Å². The summed E-state index contributed by atoms with van der Waals surface area (Å²) in [5.74, 6) is 0.830. The fourth-order valence-electron chi connectivity index (χ4n) is 2.33. The molecule has 0 amide bonds. The molecule has 0 aromatic heterocycles. The van der Waals surface area contributed by atoms with Gasteiger partial charge in [-0.1, -0.05) is 25.7 Å². The van der Waals surface area contributed by atoms with Crippen LogP contribution >= 0.6 is 0 Å². The average Bonchev–Trinajstić information content (AvgIpc) is 2.42. The molecule has 1 aliphatic carbocycles. The number of hydrogen-bond donors (Lipinski definition) is 2. The fourth-order valence-corrected chi connectivity index (χ4v) is 2.33. The molecule has 1 saturated carbocycles. The minimum absolute atomic E-state index is 0.219. The smallest absolute Gasteiger partial charge is 0.0636 e. The van der Waals surface area contributed by atoms with Gasteiger partial charge in [0.25, 0.3) is 0 Å². The highest BCUT2D eigenvalue weighted by Crippen LogP contribution is 2.25. The maximum absolute atomic E-state index is 9.19. The first kappa shape index (κ1) is 12.0. The summed E-state index contributed by atoms with van der Waals surface area (Å²) in [5, 5.41) is 12.6. The van der Waals surface area contributed by atoms with E-state index in [1.54, 1.807) is 0 Å². The third-order valence-electron chi connectivity index (χ3n) is 3.34. The summed E-state index contributed by atoms with van der Waals surface area (Å²) in [5.41, 5.74) is 0. The number of rotatable bonds is 4. The second-order valence-corrected chi connectivity index (χ2v) is 4.80. The molecule has 14 heavy (non-hydrogen) atoms. The summed E-state index contributed by atoms with van der Waals surface area (Å²) in [6.07, 6.45) is 8.14. The molecule has 0 saturated heterocycles. The monoisotopic (exact) mass is 199 g/mol. The van der Waals surface area contributed by atoms with Crippen LogP contribution in [-0.2, 0) is 0 Å². The zero-order valence-corrected chi connectivity index (χ0v) is 9.63. The van der Waals surface area contributed by atoms with Gasteiger partial charge in [-0.3, -0.25) is 0 Å². The molecule has 0 aromatic rings. The summed E-state index contributed by atoms with van der Waals surface area (Å²) in [6.45, 7) is 4.84. The van der Waals surface area contributed by atoms with E-state index in [-0.39, 0.29) is 6.10 Å². The van der Waals surface area contributed by atoms with E-state index in [1.807, 2.05) is 6.92 Å². The Morgan fingerprint density at radius 2 is 1.71 bits per heavy atom. The first-order valence-electron chi connectivity index (χ1n) is 6.11. The lowest BCUT2D eigenvalue weighted by Crippen LogP contribution is -2.37. The van der Waals surface area contributed by atoms with Gasteiger partial charge in [0.05, 0.1) is 6.10 Å². The highest BCUT2D eigenvalue weighted by atomic mass is 16.3. The third kappa shape index (κ3) is 4.43. The molecule has 1 rings (SSSR count). The van der Waals surface area contributed by atoms with E-state index in [1.165, 1.54) is 38.5 Å². The molecule has 1 fully saturated rings. The Kier molecular flexibility index (Phi) is 5.49. The lowest BCUT2D eigenvalue weighted by molar-refractivity contribution is 0.179. The molecule has 2 heteroatoms. The molecule has 0 radical (unpaired) electrons. The van der Waals surface area contributed by atoms with Gasteiger partial charge in [-0.05, 0) is 32.6 Å². The molecule has 1 aliphatic rings. The predicted octanol–water partition coefficient (Wildman–Crippen LogP) is 2.32. The molecular weight excluding hydrogens is 174 g/mol. The van der Waals surface area contributed by atoms with Crippen LogP contribution in [0.1, 0.15) is 52.4 Å². The van der Waals surface area contributed by atoms with E-state index in [9.17, 15) is 5.11 Å². The van der Waals surface area contributed by atoms with Crippen LogP contribution in [0.5, 0.6) is 0 Å². The Morgan fingerprint density at radius 3 is 2.21 bits per heavy atom. The van der Waals surface area contributed by atoms with E-state index >= 15 is 0 Å². The molecule has 0 aliphatic heterocycles. The molecule has 0 aromatic carbocycles. The van der Waals surface area contributed by atoms with E-state index < -0.39 is 0 Å². The van der Waals surface area contributed by atoms with Gasteiger partial charge in [0.15, 0.2) is 0 Å². The lowest BCUT2D eigenvalue weighted by atomic mass is 9.93. The second-order valence-electron chi connectivity index (χ2n) is 4.80. The minimum atomic E-state index is -0.219. The fraction of sp³-hybridized carbons (Fsp3) is 1.00. The summed E-state index contributed by atoms with van der Waals surface area (Å²) < 4.78 is 0. The highest BCUT2D eigenvalue weighted by molar-refractivity contribution is 4.75. The van der Waals surface area contributed by atoms with Crippen molar-refractivity contribution in [2.24, 2.45) is 5.92 Å². The van der Waals surface area contributed by atoms with Crippen molar-refractivity contribution in [1.82, 2.24) is 5.32 Å². The molecule has 2 atom stereocenters. The predicted molar refractivity (Wildman–Crippen MR) is 60.3 cm³/mol. The van der Waals surface area contributed by atoms with Crippen molar-refractivity contribution in [3.8, 4) is 0 Å². The largest absolute Gasteiger partial charge is 0.392 e. The molecule has 0 bridgehead atoms. The first-order chi connectivity index (χ1) is 6.70. The van der Waals surface area contributed by atoms with Crippen molar-refractivity contribution in [2.45, 2.75) is 64.5 Å². The van der Waals surface area contributed by atoms with Crippen LogP contribution in [-0.4, -0.2) is 23.8 Å². The lowest BCUT2D eigenvalue weighted by Gasteiger charge is -2.24. The van der Waals surface area contributed by atoms with Crippen molar-refractivity contribution in [2.75, 3.05) is 6.54 Å². The van der Waals surface area contributed by atoms with E-state index in [0.717, 1.165) is 12.5 Å². The van der Waals surface area contributed by atoms with Gasteiger partial charge in [-0.2, -0.15) is 0 Å². The van der Waals surface area contributed by atoms with Crippen molar-refractivity contribution in [1.29, 1.82) is 0 Å². The average molecular weight is 199 g/mol. The van der Waals surface area contributed by atoms with Crippen LogP contribution in [0.25, 0.3) is 0 Å². The number of nitrogens with one attached hydrogen (secondary N) is 1. The quantitative estimate of drug-likeness (QED) is 0.681. The summed E-state index contributed by atoms with van der Waals surface area (Å²) in [4.78, 5) is 0. The summed E-state index contributed by atoms with van der Waals surface area (Å²) in [7, 11) is 0. The SMILES string of the molecule is C[C@@H](O)CN[C@H](C)C1CCCCCC1. The minimum Gasteiger partial charge on any atom is -0.392 e. The first-order valence-corrected chi connectivity index (χ1v) is 6.11. The zero-order chi connectivity index (χ0) is 10.4. The zero-order valence-electron chi connectivity index (χ0n) is 9.63. The Labute approximate surface area is 88.1 Å². The van der Waals surface area contributed by atoms with Gasteiger partial charge >= 0.3 is 0 Å². The molecule has 84 valence electrons. The Hall–Kier alpha value is -0.0800. The molecule has 0 unspecified atom stereocenters. The standard InChI is InChI=1S/C12H25NO/c1-10(14)9-13-11(2)12-7-5-3-4-6-8-12/h10-14H,3-9H2,1-2H3/t10-,11-/m1/s1. The summed E-state index contributed by atoms with van der Waals surface area (Å²) >= 11 is 0. The van der Waals surface area contributed by atoms with Crippen molar-refractivity contribution in [3.63, 3.8) is 0 Å². The number of aliphatic hydroxyl groups is 1. The third-order valence-corrected chi connectivity index (χ3v) is 3.34. The second kappa shape index (κ2) is 6.41. The van der Waals surface area contributed by atoms with Gasteiger partial charge in [0.2, 0.25) is 0 Å². The topological polar surface area (TPSA) is 32.3 Å². The van der Waals surface area contributed by atoms with Gasteiger partial charge in [-0.15, -0.1) is 0 Å². The Balaban J connectivity index is 2.23. The summed E-state index contributed by atoms with van der Waals surface area (Å²) in [6, 6.07) is 0.572. The van der Waals surface area contributed by atoms with Gasteiger partial charge in [0, 0.05) is 12.6 Å². The van der Waals surface area contributed by atoms with Crippen LogP contribution < -0.4 is 5.32 Å². The van der Waals surface area contributed by atoms with Crippen LogP contribution in [0.2, 0.25) is 0 Å². The Morgan fingerprint density at radius 1 is 1.14 bits per heavy atom. The van der Waals surface area contributed by atoms with E-state index in [2.05, 4.69) is 12.2 Å². The van der Waals surface area contributed by atoms with Crippen LogP contribution in [0.3, 0.4) is 0 Å². The van der Waals surface area contributed by atoms with Gasteiger partial charge < -0.3 is 10.4 Å². The van der Waals surface area contributed by atoms with Crippen molar-refractivity contribution < 1.29 is 5.11 Å². The number of hydrogen-bond acceptors (Lipinski definition) is 2. The normalized spacial score (nSPS) is 24.2. The maximum atomic E-state index is 9.19. The molecule has 2 nitrogen and oxygen atoms in total. The van der Waals surface area contributed by atoms with Crippen LogP contribution in [0.15, 0.2) is 0 Å². The van der Waals surface area contributed by atoms with E-state index in [0.29, 0.717) is 6.04 Å². The highest BCUT2D eigenvalue weighted by Gasteiger charge is 2.18.